The maximum atomic E-state index is 13.6. The third-order valence-corrected chi connectivity index (χ3v) is 15.5. The molecule has 4 nitrogen and oxygen atoms in total. The minimum absolute atomic E-state index is 0.163. The van der Waals surface area contributed by atoms with Crippen LogP contribution >= 0.6 is 11.8 Å². The van der Waals surface area contributed by atoms with Gasteiger partial charge in [0.2, 0.25) is 5.60 Å². The van der Waals surface area contributed by atoms with Crippen molar-refractivity contribution in [2.75, 3.05) is 6.26 Å². The Morgan fingerprint density at radius 1 is 1.19 bits per heavy atom. The Morgan fingerprint density at radius 3 is 2.26 bits per heavy atom. The van der Waals surface area contributed by atoms with Crippen molar-refractivity contribution in [3.8, 4) is 5.75 Å². The van der Waals surface area contributed by atoms with Gasteiger partial charge >= 0.3 is 11.9 Å². The first-order chi connectivity index (χ1) is 14.0. The Bertz CT molecular complexity index is 917. The van der Waals surface area contributed by atoms with Gasteiger partial charge in [0.15, 0.2) is 0 Å². The highest BCUT2D eigenvalue weighted by molar-refractivity contribution is 7.98. The van der Waals surface area contributed by atoms with E-state index >= 15 is 0 Å². The van der Waals surface area contributed by atoms with E-state index in [9.17, 15) is 9.59 Å². The van der Waals surface area contributed by atoms with Crippen LogP contribution in [-0.4, -0.2) is 31.9 Å². The second-order valence-electron chi connectivity index (χ2n) is 11.6. The van der Waals surface area contributed by atoms with Crippen LogP contribution in [-0.2, 0) is 14.3 Å². The molecule has 2 aliphatic rings. The monoisotopic (exact) mass is 462 g/mol. The highest BCUT2D eigenvalue weighted by atomic mass is 32.2. The first-order valence-electron chi connectivity index (χ1n) is 11.2. The molecule has 31 heavy (non-hydrogen) atoms. The zero-order valence-corrected chi connectivity index (χ0v) is 22.6. The molecule has 1 saturated heterocycles. The first kappa shape index (κ1) is 24.4. The molecular formula is C25H38O4SSi. The molecule has 1 aromatic rings. The quantitative estimate of drug-likeness (QED) is 0.312. The van der Waals surface area contributed by atoms with Gasteiger partial charge in [-0.3, -0.25) is 4.79 Å². The standard InChI is InChI=1S/C25H38O4SSi/c1-16(30-8)18-12-11-17(31(9,10)22(2,3)4)15-19(18)28-21(27)25-14-13-24(7,20(26)29-25)23(25,5)6/h11-12,15-16H,13-14H2,1-10H3/t16-,24-,25+/m0/s1. The van der Waals surface area contributed by atoms with Gasteiger partial charge in [-0.1, -0.05) is 65.0 Å². The smallest absolute Gasteiger partial charge is 0.356 e. The zero-order chi connectivity index (χ0) is 23.6. The molecule has 3 rings (SSSR count). The lowest BCUT2D eigenvalue weighted by Gasteiger charge is -2.38. The predicted molar refractivity (Wildman–Crippen MR) is 131 cm³/mol. The maximum absolute atomic E-state index is 13.6. The van der Waals surface area contributed by atoms with Gasteiger partial charge in [0.25, 0.3) is 0 Å². The van der Waals surface area contributed by atoms with Crippen LogP contribution in [0.25, 0.3) is 0 Å². The average Bonchev–Trinajstić information content (AvgIpc) is 2.96. The van der Waals surface area contributed by atoms with E-state index in [0.717, 1.165) is 5.56 Å². The summed E-state index contributed by atoms with van der Waals surface area (Å²) in [6.07, 6.45) is 3.21. The van der Waals surface area contributed by atoms with Crippen molar-refractivity contribution in [1.82, 2.24) is 0 Å². The Kier molecular flexibility index (Phi) is 5.80. The fraction of sp³-hybridized carbons (Fsp3) is 0.680. The van der Waals surface area contributed by atoms with Crippen molar-refractivity contribution < 1.29 is 19.1 Å². The maximum Gasteiger partial charge on any atom is 0.356 e. The zero-order valence-electron chi connectivity index (χ0n) is 20.8. The molecule has 1 aliphatic carbocycles. The number of benzene rings is 1. The fourth-order valence-corrected chi connectivity index (χ4v) is 7.10. The van der Waals surface area contributed by atoms with Crippen LogP contribution in [0.1, 0.15) is 72.1 Å². The molecule has 1 heterocycles. The number of hydrogen-bond donors (Lipinski definition) is 0. The minimum atomic E-state index is -1.82. The summed E-state index contributed by atoms with van der Waals surface area (Å²) < 4.78 is 11.9. The van der Waals surface area contributed by atoms with Crippen molar-refractivity contribution in [3.05, 3.63) is 23.8 Å². The molecule has 1 saturated carbocycles. The molecule has 2 bridgehead atoms. The molecule has 0 amide bonds. The fourth-order valence-electron chi connectivity index (χ4n) is 4.79. The molecule has 6 heteroatoms. The van der Waals surface area contributed by atoms with E-state index in [1.54, 1.807) is 11.8 Å². The molecule has 172 valence electrons. The van der Waals surface area contributed by atoms with Crippen LogP contribution < -0.4 is 9.92 Å². The van der Waals surface area contributed by atoms with Gasteiger partial charge in [-0.2, -0.15) is 11.8 Å². The third-order valence-electron chi connectivity index (χ3n) is 9.02. The van der Waals surface area contributed by atoms with Crippen molar-refractivity contribution in [1.29, 1.82) is 0 Å². The van der Waals surface area contributed by atoms with Gasteiger partial charge in [0.05, 0.1) is 13.5 Å². The summed E-state index contributed by atoms with van der Waals surface area (Å²) in [6.45, 7) is 19.5. The summed E-state index contributed by atoms with van der Waals surface area (Å²) >= 11 is 1.72. The lowest BCUT2D eigenvalue weighted by molar-refractivity contribution is -0.176. The SMILES string of the molecule is CS[C@@H](C)c1ccc([Si](C)(C)C(C)(C)C)cc1OC(=O)[C@@]12CC[C@@](C)(C(=O)O1)C2(C)C. The molecule has 3 atom stereocenters. The lowest BCUT2D eigenvalue weighted by Crippen LogP contribution is -2.51. The topological polar surface area (TPSA) is 52.6 Å². The van der Waals surface area contributed by atoms with E-state index in [4.69, 9.17) is 9.47 Å². The number of fused-ring (bicyclic) bond motifs is 2. The van der Waals surface area contributed by atoms with Crippen LogP contribution in [0.2, 0.25) is 18.1 Å². The minimum Gasteiger partial charge on any atom is -0.446 e. The van der Waals surface area contributed by atoms with E-state index < -0.39 is 30.5 Å². The summed E-state index contributed by atoms with van der Waals surface area (Å²) in [6, 6.07) is 6.40. The summed E-state index contributed by atoms with van der Waals surface area (Å²) in [5.74, 6) is -0.113. The summed E-state index contributed by atoms with van der Waals surface area (Å²) in [5, 5.41) is 1.61. The Labute approximate surface area is 192 Å². The van der Waals surface area contributed by atoms with Crippen molar-refractivity contribution in [2.45, 2.75) is 90.3 Å². The molecule has 0 radical (unpaired) electrons. The Hall–Kier alpha value is -1.27. The number of carbonyl (C=O) groups excluding carboxylic acids is 2. The van der Waals surface area contributed by atoms with E-state index in [2.05, 4.69) is 65.2 Å². The van der Waals surface area contributed by atoms with E-state index in [-0.39, 0.29) is 16.3 Å². The average molecular weight is 463 g/mol. The Balaban J connectivity index is 2.05. The normalized spacial score (nSPS) is 28.4. The number of ether oxygens (including phenoxy) is 2. The van der Waals surface area contributed by atoms with Gasteiger partial charge in [-0.15, -0.1) is 0 Å². The summed E-state index contributed by atoms with van der Waals surface area (Å²) in [4.78, 5) is 26.2. The third kappa shape index (κ3) is 3.31. The number of esters is 2. The molecule has 1 aliphatic heterocycles. The first-order valence-corrected chi connectivity index (χ1v) is 15.5. The van der Waals surface area contributed by atoms with Crippen molar-refractivity contribution >= 4 is 37.0 Å². The number of hydrogen-bond acceptors (Lipinski definition) is 5. The molecule has 0 spiro atoms. The van der Waals surface area contributed by atoms with Crippen LogP contribution in [0.4, 0.5) is 0 Å². The highest BCUT2D eigenvalue weighted by Crippen LogP contribution is 2.65. The van der Waals surface area contributed by atoms with Gasteiger partial charge in [-0.25, -0.2) is 4.79 Å². The summed E-state index contributed by atoms with van der Waals surface area (Å²) in [7, 11) is -1.82. The van der Waals surface area contributed by atoms with E-state index in [1.807, 2.05) is 20.8 Å². The molecule has 0 N–H and O–H groups in total. The van der Waals surface area contributed by atoms with Gasteiger partial charge in [0.1, 0.15) is 5.75 Å². The summed E-state index contributed by atoms with van der Waals surface area (Å²) in [5.41, 5.74) is -1.48. The van der Waals surface area contributed by atoms with Crippen LogP contribution in [0, 0.1) is 10.8 Å². The number of thioether (sulfide) groups is 1. The number of rotatable bonds is 5. The lowest BCUT2D eigenvalue weighted by atomic mass is 9.66. The highest BCUT2D eigenvalue weighted by Gasteiger charge is 2.76. The van der Waals surface area contributed by atoms with Crippen LogP contribution in [0.3, 0.4) is 0 Å². The van der Waals surface area contributed by atoms with E-state index in [1.165, 1.54) is 5.19 Å². The molecule has 2 fully saturated rings. The van der Waals surface area contributed by atoms with E-state index in [0.29, 0.717) is 18.6 Å². The number of carbonyl (C=O) groups is 2. The molecular weight excluding hydrogens is 424 g/mol. The largest absolute Gasteiger partial charge is 0.446 e. The van der Waals surface area contributed by atoms with Gasteiger partial charge in [0, 0.05) is 16.2 Å². The predicted octanol–water partition coefficient (Wildman–Crippen LogP) is 5.85. The second kappa shape index (κ2) is 7.37. The molecule has 1 aromatic carbocycles. The van der Waals surface area contributed by atoms with Crippen molar-refractivity contribution in [3.63, 3.8) is 0 Å². The van der Waals surface area contributed by atoms with Gasteiger partial charge in [-0.05, 0) is 44.0 Å². The molecule has 0 aromatic heterocycles. The Morgan fingerprint density at radius 2 is 1.81 bits per heavy atom. The molecule has 0 unspecified atom stereocenters. The van der Waals surface area contributed by atoms with Crippen LogP contribution in [0.15, 0.2) is 18.2 Å². The second-order valence-corrected chi connectivity index (χ2v) is 18.1. The van der Waals surface area contributed by atoms with Crippen molar-refractivity contribution in [2.24, 2.45) is 10.8 Å². The van der Waals surface area contributed by atoms with Gasteiger partial charge < -0.3 is 9.47 Å². The van der Waals surface area contributed by atoms with Crippen LogP contribution in [0.5, 0.6) is 5.75 Å².